The topological polar surface area (TPSA) is 85.3 Å². The molecule has 1 aromatic rings. The van der Waals surface area contributed by atoms with E-state index in [1.807, 2.05) is 25.1 Å². The molecular formula is C34H47NO6. The molecule has 1 aromatic carbocycles. The summed E-state index contributed by atoms with van der Waals surface area (Å²) in [5.74, 6) is 0.138. The number of carboxylic acid groups (broad SMARTS) is 1. The molecule has 1 aliphatic heterocycles. The minimum absolute atomic E-state index is 0.00865. The molecule has 7 heteroatoms. The standard InChI is InChI=1S/C34H47NO6/c1-21(2)28-13-25-14-32(19-36)27-12-11-22(3)26(27)15-33(25,34(28,32)31(37)38)20-40-30-18-35(16-24-9-7-6-8-10-24)17-29(39-5)23(4)41-30/h6-10,13,19,21-23,25-27,29-30H,11-12,14-18,20H2,1-5H3,(H,37,38)/t22-,23-,25?,26-,27-,29+,30-,32?,33?,34?/m1/s1. The van der Waals surface area contributed by atoms with E-state index in [1.165, 1.54) is 5.56 Å². The third-order valence-corrected chi connectivity index (χ3v) is 11.9. The molecule has 224 valence electrons. The van der Waals surface area contributed by atoms with Gasteiger partial charge in [-0.3, -0.25) is 9.69 Å². The van der Waals surface area contributed by atoms with Crippen molar-refractivity contribution in [3.05, 3.63) is 47.5 Å². The van der Waals surface area contributed by atoms with Gasteiger partial charge in [0.2, 0.25) is 0 Å². The smallest absolute Gasteiger partial charge is 0.315 e. The van der Waals surface area contributed by atoms with Crippen LogP contribution < -0.4 is 0 Å². The number of ether oxygens (including phenoxy) is 3. The van der Waals surface area contributed by atoms with Gasteiger partial charge in [-0.05, 0) is 61.3 Å². The van der Waals surface area contributed by atoms with Gasteiger partial charge in [0.25, 0.3) is 0 Å². The molecule has 1 heterocycles. The van der Waals surface area contributed by atoms with Crippen molar-refractivity contribution in [2.75, 3.05) is 26.8 Å². The van der Waals surface area contributed by atoms with E-state index in [4.69, 9.17) is 14.2 Å². The molecule has 4 fully saturated rings. The molecule has 4 aliphatic carbocycles. The molecule has 6 rings (SSSR count). The Morgan fingerprint density at radius 2 is 1.93 bits per heavy atom. The summed E-state index contributed by atoms with van der Waals surface area (Å²) in [5, 5.41) is 11.2. The number of carboxylic acids is 1. The van der Waals surface area contributed by atoms with Crippen molar-refractivity contribution in [2.45, 2.75) is 78.4 Å². The van der Waals surface area contributed by atoms with Crippen LogP contribution in [0.4, 0.5) is 0 Å². The van der Waals surface area contributed by atoms with E-state index < -0.39 is 28.5 Å². The molecule has 4 bridgehead atoms. The Bertz CT molecular complexity index is 1180. The second kappa shape index (κ2) is 10.6. The minimum atomic E-state index is -1.24. The van der Waals surface area contributed by atoms with E-state index in [2.05, 4.69) is 43.9 Å². The van der Waals surface area contributed by atoms with Crippen molar-refractivity contribution in [1.82, 2.24) is 4.90 Å². The summed E-state index contributed by atoms with van der Waals surface area (Å²) in [6.45, 7) is 10.8. The SMILES string of the molecule is CO[C@H]1CN(Cc2ccccc2)C[C@H](OCC23C[C@@H]4[C@H](C)CC[C@H]4C4(C=O)CC2C=C(C(C)C)C34C(=O)O)O[C@@H]1C. The summed E-state index contributed by atoms with van der Waals surface area (Å²) >= 11 is 0. The number of carbonyl (C=O) groups excluding carboxylic acids is 1. The van der Waals surface area contributed by atoms with Gasteiger partial charge in [0, 0.05) is 32.2 Å². The van der Waals surface area contributed by atoms with E-state index in [1.54, 1.807) is 7.11 Å². The van der Waals surface area contributed by atoms with Crippen LogP contribution >= 0.6 is 0 Å². The van der Waals surface area contributed by atoms with E-state index in [-0.39, 0.29) is 36.6 Å². The molecule has 4 unspecified atom stereocenters. The molecule has 10 atom stereocenters. The van der Waals surface area contributed by atoms with Crippen molar-refractivity contribution in [1.29, 1.82) is 0 Å². The van der Waals surface area contributed by atoms with Crippen LogP contribution in [-0.4, -0.2) is 67.6 Å². The third kappa shape index (κ3) is 4.05. The number of hydrogen-bond donors (Lipinski definition) is 1. The summed E-state index contributed by atoms with van der Waals surface area (Å²) in [5.41, 5.74) is -0.630. The Balaban J connectivity index is 1.34. The normalized spacial score (nSPS) is 43.6. The molecule has 0 spiro atoms. The molecule has 5 aliphatic rings. The van der Waals surface area contributed by atoms with Crippen molar-refractivity contribution in [3.8, 4) is 0 Å². The Kier molecular flexibility index (Phi) is 7.49. The molecule has 0 aromatic heterocycles. The van der Waals surface area contributed by atoms with E-state index in [9.17, 15) is 14.7 Å². The maximum absolute atomic E-state index is 13.7. The first-order valence-electron chi connectivity index (χ1n) is 15.6. The molecule has 0 amide bonds. The zero-order valence-electron chi connectivity index (χ0n) is 25.3. The molecule has 41 heavy (non-hydrogen) atoms. The van der Waals surface area contributed by atoms with Crippen molar-refractivity contribution < 1.29 is 28.9 Å². The van der Waals surface area contributed by atoms with Crippen molar-refractivity contribution >= 4 is 12.3 Å². The van der Waals surface area contributed by atoms with Crippen LogP contribution in [0.2, 0.25) is 0 Å². The maximum Gasteiger partial charge on any atom is 0.315 e. The zero-order chi connectivity index (χ0) is 29.2. The second-order valence-electron chi connectivity index (χ2n) is 14.0. The number of methoxy groups -OCH3 is 1. The highest BCUT2D eigenvalue weighted by Crippen LogP contribution is 2.82. The Labute approximate surface area is 244 Å². The van der Waals surface area contributed by atoms with Gasteiger partial charge < -0.3 is 24.1 Å². The highest BCUT2D eigenvalue weighted by Gasteiger charge is 2.84. The monoisotopic (exact) mass is 565 g/mol. The third-order valence-electron chi connectivity index (χ3n) is 11.9. The fraction of sp³-hybridized carbons (Fsp3) is 0.706. The van der Waals surface area contributed by atoms with E-state index >= 15 is 0 Å². The average molecular weight is 566 g/mol. The number of aliphatic carboxylic acids is 1. The first kappa shape index (κ1) is 29.0. The maximum atomic E-state index is 13.7. The van der Waals surface area contributed by atoms with Gasteiger partial charge in [-0.15, -0.1) is 0 Å². The number of benzene rings is 1. The van der Waals surface area contributed by atoms with Crippen LogP contribution in [0.5, 0.6) is 0 Å². The lowest BCUT2D eigenvalue weighted by Gasteiger charge is -2.58. The quantitative estimate of drug-likeness (QED) is 0.326. The summed E-state index contributed by atoms with van der Waals surface area (Å²) in [6.07, 6.45) is 5.89. The van der Waals surface area contributed by atoms with Gasteiger partial charge in [0.15, 0.2) is 6.29 Å². The predicted octanol–water partition coefficient (Wildman–Crippen LogP) is 5.19. The lowest BCUT2D eigenvalue weighted by molar-refractivity contribution is -0.220. The lowest BCUT2D eigenvalue weighted by Crippen LogP contribution is -2.63. The zero-order valence-corrected chi connectivity index (χ0v) is 25.3. The van der Waals surface area contributed by atoms with E-state index in [0.717, 1.165) is 37.7 Å². The molecule has 1 saturated heterocycles. The lowest BCUT2D eigenvalue weighted by atomic mass is 9.43. The average Bonchev–Trinajstić information content (AvgIpc) is 3.47. The Morgan fingerprint density at radius 3 is 2.59 bits per heavy atom. The van der Waals surface area contributed by atoms with Crippen LogP contribution in [0.3, 0.4) is 0 Å². The van der Waals surface area contributed by atoms with Gasteiger partial charge in [-0.2, -0.15) is 0 Å². The van der Waals surface area contributed by atoms with Crippen LogP contribution in [0, 0.1) is 45.8 Å². The number of carbonyl (C=O) groups is 2. The number of aldehydes is 1. The number of hydrogen-bond acceptors (Lipinski definition) is 6. The molecular weight excluding hydrogens is 518 g/mol. The van der Waals surface area contributed by atoms with Gasteiger partial charge in [-0.25, -0.2) is 0 Å². The minimum Gasteiger partial charge on any atom is -0.481 e. The largest absolute Gasteiger partial charge is 0.481 e. The van der Waals surface area contributed by atoms with Crippen LogP contribution in [0.1, 0.15) is 58.9 Å². The molecule has 7 nitrogen and oxygen atoms in total. The fourth-order valence-electron chi connectivity index (χ4n) is 10.3. The molecule has 0 radical (unpaired) electrons. The highest BCUT2D eigenvalue weighted by atomic mass is 16.7. The Hall–Kier alpha value is -2.06. The van der Waals surface area contributed by atoms with Gasteiger partial charge in [0.1, 0.15) is 11.7 Å². The van der Waals surface area contributed by atoms with Gasteiger partial charge >= 0.3 is 5.97 Å². The summed E-state index contributed by atoms with van der Waals surface area (Å²) < 4.78 is 19.1. The molecule has 1 N–H and O–H groups in total. The van der Waals surface area contributed by atoms with Crippen LogP contribution in [0.15, 0.2) is 42.0 Å². The summed E-state index contributed by atoms with van der Waals surface area (Å²) in [7, 11) is 1.72. The number of rotatable bonds is 9. The molecule has 3 saturated carbocycles. The predicted molar refractivity (Wildman–Crippen MR) is 155 cm³/mol. The summed E-state index contributed by atoms with van der Waals surface area (Å²) in [4.78, 5) is 29.3. The van der Waals surface area contributed by atoms with Crippen LogP contribution in [0.25, 0.3) is 0 Å². The second-order valence-corrected chi connectivity index (χ2v) is 14.0. The van der Waals surface area contributed by atoms with Crippen LogP contribution in [-0.2, 0) is 30.3 Å². The number of allylic oxidation sites excluding steroid dienone is 1. The van der Waals surface area contributed by atoms with Crippen molar-refractivity contribution in [2.24, 2.45) is 45.8 Å². The van der Waals surface area contributed by atoms with E-state index in [0.29, 0.717) is 31.3 Å². The number of fused-ring (bicyclic) bond motifs is 2. The first-order chi connectivity index (χ1) is 19.6. The number of nitrogens with zero attached hydrogens (tertiary/aromatic N) is 1. The summed E-state index contributed by atoms with van der Waals surface area (Å²) in [6, 6.07) is 10.4. The van der Waals surface area contributed by atoms with Gasteiger partial charge in [-0.1, -0.05) is 69.2 Å². The highest BCUT2D eigenvalue weighted by molar-refractivity contribution is 5.90. The van der Waals surface area contributed by atoms with Gasteiger partial charge in [0.05, 0.1) is 24.2 Å². The fourth-order valence-corrected chi connectivity index (χ4v) is 10.3. The van der Waals surface area contributed by atoms with Crippen molar-refractivity contribution in [3.63, 3.8) is 0 Å². The first-order valence-corrected chi connectivity index (χ1v) is 15.6. The Morgan fingerprint density at radius 1 is 1.17 bits per heavy atom.